The Morgan fingerprint density at radius 2 is 1.83 bits per heavy atom. The number of esters is 1. The number of benzene rings is 1. The molecule has 0 heterocycles. The molecule has 0 bridgehead atoms. The second-order valence-electron chi connectivity index (χ2n) is 4.06. The van der Waals surface area contributed by atoms with E-state index in [0.717, 1.165) is 17.7 Å². The molecule has 5 heteroatoms. The smallest absolute Gasteiger partial charge is 0.416 e. The molecule has 18 heavy (non-hydrogen) atoms. The van der Waals surface area contributed by atoms with Gasteiger partial charge in [-0.15, -0.1) is 0 Å². The van der Waals surface area contributed by atoms with E-state index < -0.39 is 23.6 Å². The molecule has 1 aliphatic rings. The molecule has 1 aromatic carbocycles. The average Bonchev–Trinajstić information content (AvgIpc) is 3.13. The summed E-state index contributed by atoms with van der Waals surface area (Å²) in [5.74, 6) is -1.02. The molecular weight excluding hydrogens is 245 g/mol. The molecule has 0 N–H and O–H groups in total. The number of ether oxygens (including phenoxy) is 1. The third-order valence-electron chi connectivity index (χ3n) is 2.82. The fourth-order valence-electron chi connectivity index (χ4n) is 1.78. The normalized spacial score (nSPS) is 15.9. The Morgan fingerprint density at radius 1 is 1.28 bits per heavy atom. The van der Waals surface area contributed by atoms with Crippen molar-refractivity contribution in [2.75, 3.05) is 7.11 Å². The number of allylic oxidation sites excluding steroid dienone is 1. The van der Waals surface area contributed by atoms with Gasteiger partial charge in [0.15, 0.2) is 0 Å². The van der Waals surface area contributed by atoms with Gasteiger partial charge in [-0.2, -0.15) is 13.2 Å². The van der Waals surface area contributed by atoms with Gasteiger partial charge in [0.25, 0.3) is 0 Å². The summed E-state index contributed by atoms with van der Waals surface area (Å²) in [7, 11) is 1.27. The molecule has 1 unspecified atom stereocenters. The third kappa shape index (κ3) is 2.55. The summed E-state index contributed by atoms with van der Waals surface area (Å²) >= 11 is 0. The third-order valence-corrected chi connectivity index (χ3v) is 2.82. The van der Waals surface area contributed by atoms with Gasteiger partial charge in [0.05, 0.1) is 12.7 Å². The number of carbonyl (C=O) groups excluding carboxylic acids is 1. The molecule has 2 rings (SSSR count). The van der Waals surface area contributed by atoms with Crippen LogP contribution in [0.3, 0.4) is 0 Å². The summed E-state index contributed by atoms with van der Waals surface area (Å²) in [5, 5.41) is 0. The minimum Gasteiger partial charge on any atom is -0.468 e. The van der Waals surface area contributed by atoms with Crippen LogP contribution in [0.1, 0.15) is 23.5 Å². The van der Waals surface area contributed by atoms with Gasteiger partial charge in [-0.05, 0) is 24.1 Å². The van der Waals surface area contributed by atoms with E-state index in [9.17, 15) is 18.0 Å². The monoisotopic (exact) mass is 256 g/mol. The second kappa shape index (κ2) is 4.48. The largest absolute Gasteiger partial charge is 0.468 e. The lowest BCUT2D eigenvalue weighted by Crippen LogP contribution is -2.14. The molecule has 96 valence electrons. The van der Waals surface area contributed by atoms with Crippen LogP contribution in [-0.2, 0) is 15.7 Å². The Kier molecular flexibility index (Phi) is 3.15. The molecule has 1 aliphatic carbocycles. The number of carbonyl (C=O) groups is 1. The molecule has 0 amide bonds. The fraction of sp³-hybridized carbons (Fsp3) is 0.308. The molecule has 1 atom stereocenters. The number of hydrogen-bond acceptors (Lipinski definition) is 2. The highest BCUT2D eigenvalue weighted by atomic mass is 19.4. The maximum absolute atomic E-state index is 12.4. The van der Waals surface area contributed by atoms with Gasteiger partial charge >= 0.3 is 12.1 Å². The van der Waals surface area contributed by atoms with Crippen molar-refractivity contribution in [2.45, 2.75) is 18.5 Å². The van der Waals surface area contributed by atoms with E-state index in [0.29, 0.717) is 12.0 Å². The van der Waals surface area contributed by atoms with E-state index in [-0.39, 0.29) is 0 Å². The van der Waals surface area contributed by atoms with Crippen LogP contribution in [0, 0.1) is 0 Å². The number of methoxy groups -OCH3 is 1. The van der Waals surface area contributed by atoms with E-state index in [4.69, 9.17) is 0 Å². The number of hydrogen-bond donors (Lipinski definition) is 0. The predicted octanol–water partition coefficient (Wildman–Crippen LogP) is 3.29. The van der Waals surface area contributed by atoms with E-state index in [2.05, 4.69) is 4.74 Å². The molecule has 0 aromatic heterocycles. The lowest BCUT2D eigenvalue weighted by molar-refractivity contribution is -0.141. The van der Waals surface area contributed by atoms with Gasteiger partial charge in [0, 0.05) is 0 Å². The molecule has 2 nitrogen and oxygen atoms in total. The summed E-state index contributed by atoms with van der Waals surface area (Å²) in [5.41, 5.74) is 0.694. The van der Waals surface area contributed by atoms with Crippen molar-refractivity contribution in [3.8, 4) is 0 Å². The molecule has 0 radical (unpaired) electrons. The van der Waals surface area contributed by atoms with Crippen LogP contribution in [0.2, 0.25) is 0 Å². The number of halogens is 3. The van der Waals surface area contributed by atoms with Gasteiger partial charge < -0.3 is 4.74 Å². The summed E-state index contributed by atoms with van der Waals surface area (Å²) < 4.78 is 41.9. The highest BCUT2D eigenvalue weighted by Crippen LogP contribution is 2.37. The van der Waals surface area contributed by atoms with E-state index in [1.807, 2.05) is 6.08 Å². The van der Waals surface area contributed by atoms with E-state index in [1.165, 1.54) is 19.2 Å². The fourth-order valence-corrected chi connectivity index (χ4v) is 1.78. The van der Waals surface area contributed by atoms with Gasteiger partial charge in [-0.1, -0.05) is 23.8 Å². The molecule has 0 fully saturated rings. The summed E-state index contributed by atoms with van der Waals surface area (Å²) in [6.45, 7) is 0. The highest BCUT2D eigenvalue weighted by Gasteiger charge is 2.33. The van der Waals surface area contributed by atoms with Crippen LogP contribution in [0.5, 0.6) is 0 Å². The lowest BCUT2D eigenvalue weighted by atomic mass is 9.95. The number of alkyl halides is 3. The summed E-state index contributed by atoms with van der Waals surface area (Å²) in [4.78, 5) is 11.6. The Labute approximate surface area is 102 Å². The van der Waals surface area contributed by atoms with Crippen LogP contribution in [-0.4, -0.2) is 13.1 Å². The Bertz CT molecular complexity index is 486. The average molecular weight is 256 g/mol. The van der Waals surface area contributed by atoms with Crippen LogP contribution < -0.4 is 0 Å². The van der Waals surface area contributed by atoms with Crippen molar-refractivity contribution in [1.82, 2.24) is 0 Å². The van der Waals surface area contributed by atoms with Crippen molar-refractivity contribution in [3.63, 3.8) is 0 Å². The minimum atomic E-state index is -4.36. The Hall–Kier alpha value is -1.78. The van der Waals surface area contributed by atoms with Crippen molar-refractivity contribution < 1.29 is 22.7 Å². The zero-order chi connectivity index (χ0) is 13.3. The standard InChI is InChI=1S/C13H11F3O2/c1-18-12(17)11(8-2-3-8)9-4-6-10(7-5-9)13(14,15)16/h2,4-7,11H,3H2,1H3. The SMILES string of the molecule is COC(=O)C(C1=CC1)c1ccc(C(F)(F)F)cc1. The molecule has 0 saturated carbocycles. The zero-order valence-corrected chi connectivity index (χ0v) is 9.62. The Balaban J connectivity index is 2.27. The van der Waals surface area contributed by atoms with E-state index in [1.54, 1.807) is 0 Å². The highest BCUT2D eigenvalue weighted by molar-refractivity contribution is 5.83. The van der Waals surface area contributed by atoms with Crippen molar-refractivity contribution in [1.29, 1.82) is 0 Å². The first-order valence-corrected chi connectivity index (χ1v) is 5.37. The quantitative estimate of drug-likeness (QED) is 0.612. The van der Waals surface area contributed by atoms with Crippen molar-refractivity contribution in [2.24, 2.45) is 0 Å². The maximum Gasteiger partial charge on any atom is 0.416 e. The molecule has 1 aromatic rings. The summed E-state index contributed by atoms with van der Waals surface area (Å²) in [6.07, 6.45) is -1.79. The van der Waals surface area contributed by atoms with Gasteiger partial charge in [-0.25, -0.2) is 0 Å². The van der Waals surface area contributed by atoms with Crippen molar-refractivity contribution in [3.05, 3.63) is 47.0 Å². The van der Waals surface area contributed by atoms with Gasteiger partial charge in [0.1, 0.15) is 5.92 Å². The zero-order valence-electron chi connectivity index (χ0n) is 9.62. The second-order valence-corrected chi connectivity index (χ2v) is 4.06. The first kappa shape index (κ1) is 12.7. The minimum absolute atomic E-state index is 0.446. The maximum atomic E-state index is 12.4. The molecule has 0 aliphatic heterocycles. The first-order valence-electron chi connectivity index (χ1n) is 5.37. The molecule has 0 saturated heterocycles. The molecular formula is C13H11F3O2. The van der Waals surface area contributed by atoms with Crippen molar-refractivity contribution >= 4 is 5.97 Å². The predicted molar refractivity (Wildman–Crippen MR) is 58.9 cm³/mol. The van der Waals surface area contributed by atoms with E-state index >= 15 is 0 Å². The Morgan fingerprint density at radius 3 is 2.22 bits per heavy atom. The van der Waals surface area contributed by atoms with Gasteiger partial charge in [0.2, 0.25) is 0 Å². The molecule has 0 spiro atoms. The summed E-state index contributed by atoms with van der Waals surface area (Å²) in [6, 6.07) is 4.61. The first-order chi connectivity index (χ1) is 8.43. The van der Waals surface area contributed by atoms with Crippen LogP contribution in [0.4, 0.5) is 13.2 Å². The van der Waals surface area contributed by atoms with Crippen LogP contribution in [0.25, 0.3) is 0 Å². The van der Waals surface area contributed by atoms with Crippen LogP contribution in [0.15, 0.2) is 35.9 Å². The lowest BCUT2D eigenvalue weighted by Gasteiger charge is -2.13. The van der Waals surface area contributed by atoms with Gasteiger partial charge in [-0.3, -0.25) is 4.79 Å². The van der Waals surface area contributed by atoms with Crippen LogP contribution >= 0.6 is 0 Å². The topological polar surface area (TPSA) is 26.3 Å². The number of rotatable bonds is 3.